The van der Waals surface area contributed by atoms with E-state index in [0.29, 0.717) is 0 Å². The molecule has 3 rings (SSSR count). The third-order valence-corrected chi connectivity index (χ3v) is 5.18. The van der Waals surface area contributed by atoms with Gasteiger partial charge in [-0.15, -0.1) is 11.3 Å². The molecule has 1 heterocycles. The predicted octanol–water partition coefficient (Wildman–Crippen LogP) is 4.97. The van der Waals surface area contributed by atoms with Crippen LogP contribution >= 0.6 is 11.3 Å². The summed E-state index contributed by atoms with van der Waals surface area (Å²) in [4.78, 5) is 24.2. The molecule has 5 nitrogen and oxygen atoms in total. The lowest BCUT2D eigenvalue weighted by atomic mass is 10.1. The molecule has 3 aromatic rings. The molecule has 8 heteroatoms. The van der Waals surface area contributed by atoms with Crippen LogP contribution in [-0.4, -0.2) is 22.1 Å². The van der Waals surface area contributed by atoms with Gasteiger partial charge < -0.3 is 15.5 Å². The fourth-order valence-electron chi connectivity index (χ4n) is 2.71. The number of phenolic OH excluding ortho intramolecular Hbond substituents is 1. The Bertz CT molecular complexity index is 1110. The number of thiophene rings is 1. The maximum Gasteiger partial charge on any atom is 0.339 e. The zero-order valence-electron chi connectivity index (χ0n) is 14.8. The highest BCUT2D eigenvalue weighted by molar-refractivity contribution is 7.14. The van der Waals surface area contributed by atoms with Gasteiger partial charge in [0.1, 0.15) is 11.3 Å². The lowest BCUT2D eigenvalue weighted by molar-refractivity contribution is 0.0699. The van der Waals surface area contributed by atoms with Crippen molar-refractivity contribution in [1.29, 1.82) is 0 Å². The topological polar surface area (TPSA) is 86.6 Å². The van der Waals surface area contributed by atoms with E-state index < -0.39 is 23.5 Å². The molecule has 0 bridgehead atoms. The van der Waals surface area contributed by atoms with E-state index in [4.69, 9.17) is 0 Å². The number of anilines is 1. The fraction of sp³-hybridized carbons (Fsp3) is 0.100. The normalized spacial score (nSPS) is 10.7. The second-order valence-electron chi connectivity index (χ2n) is 6.19. The Morgan fingerprint density at radius 1 is 1.07 bits per heavy atom. The highest BCUT2D eigenvalue weighted by atomic mass is 32.1. The largest absolute Gasteiger partial charge is 0.507 e. The van der Waals surface area contributed by atoms with E-state index in [1.54, 1.807) is 13.0 Å². The van der Waals surface area contributed by atoms with Crippen LogP contribution in [0.4, 0.5) is 14.5 Å². The second kappa shape index (κ2) is 7.40. The molecule has 0 saturated heterocycles. The van der Waals surface area contributed by atoms with Crippen molar-refractivity contribution in [2.24, 2.45) is 0 Å². The summed E-state index contributed by atoms with van der Waals surface area (Å²) in [6.07, 6.45) is 0. The van der Waals surface area contributed by atoms with Gasteiger partial charge in [-0.25, -0.2) is 13.6 Å². The van der Waals surface area contributed by atoms with Crippen molar-refractivity contribution in [3.63, 3.8) is 0 Å². The van der Waals surface area contributed by atoms with E-state index >= 15 is 0 Å². The van der Waals surface area contributed by atoms with Gasteiger partial charge in [0.15, 0.2) is 11.6 Å². The molecule has 0 aliphatic rings. The average molecular weight is 403 g/mol. The molecule has 0 saturated carbocycles. The number of carbonyl (C=O) groups excluding carboxylic acids is 1. The SMILES string of the molecule is Cc1ccc(C(=O)Nc2csc(-c3ccc(C)c(F)c3F)c2C(=O)O)c(O)c1. The van der Waals surface area contributed by atoms with Crippen molar-refractivity contribution in [3.05, 3.63) is 69.6 Å². The van der Waals surface area contributed by atoms with Crippen molar-refractivity contribution >= 4 is 28.9 Å². The number of nitrogens with one attached hydrogen (secondary N) is 1. The number of benzene rings is 2. The molecule has 0 atom stereocenters. The first-order valence-corrected chi connectivity index (χ1v) is 8.99. The van der Waals surface area contributed by atoms with Crippen molar-refractivity contribution in [1.82, 2.24) is 0 Å². The lowest BCUT2D eigenvalue weighted by Crippen LogP contribution is -2.14. The maximum atomic E-state index is 14.3. The Morgan fingerprint density at radius 3 is 2.43 bits per heavy atom. The summed E-state index contributed by atoms with van der Waals surface area (Å²) in [5, 5.41) is 23.3. The van der Waals surface area contributed by atoms with Crippen LogP contribution in [0.2, 0.25) is 0 Å². The van der Waals surface area contributed by atoms with E-state index in [9.17, 15) is 28.6 Å². The van der Waals surface area contributed by atoms with Gasteiger partial charge in [0.2, 0.25) is 0 Å². The number of hydrogen-bond acceptors (Lipinski definition) is 4. The Hall–Kier alpha value is -3.26. The zero-order valence-corrected chi connectivity index (χ0v) is 15.7. The van der Waals surface area contributed by atoms with Crippen molar-refractivity contribution in [3.8, 4) is 16.2 Å². The van der Waals surface area contributed by atoms with Crippen molar-refractivity contribution in [2.75, 3.05) is 5.32 Å². The number of carboxylic acids is 1. The summed E-state index contributed by atoms with van der Waals surface area (Å²) in [5.74, 6) is -4.59. The summed E-state index contributed by atoms with van der Waals surface area (Å²) in [5.41, 5.74) is 0.171. The molecule has 3 N–H and O–H groups in total. The van der Waals surface area contributed by atoms with Gasteiger partial charge in [0.05, 0.1) is 16.1 Å². The van der Waals surface area contributed by atoms with E-state index in [1.165, 1.54) is 36.6 Å². The standard InChI is InChI=1S/C20H15F2NO4S/c1-9-3-5-11(14(24)7-9)19(25)23-13-8-28-18(15(13)20(26)27)12-6-4-10(2)16(21)17(12)22/h3-8,24H,1-2H3,(H,23,25)(H,26,27). The number of carboxylic acid groups (broad SMARTS) is 1. The molecule has 0 radical (unpaired) electrons. The molecule has 0 spiro atoms. The Balaban J connectivity index is 2.04. The number of aryl methyl sites for hydroxylation is 2. The molecule has 28 heavy (non-hydrogen) atoms. The first-order valence-electron chi connectivity index (χ1n) is 8.11. The molecule has 0 aliphatic heterocycles. The maximum absolute atomic E-state index is 14.3. The molecule has 0 unspecified atom stereocenters. The number of halogens is 2. The van der Waals surface area contributed by atoms with Crippen LogP contribution in [0.3, 0.4) is 0 Å². The number of aromatic carboxylic acids is 1. The Labute approximate surface area is 162 Å². The van der Waals surface area contributed by atoms with Crippen LogP contribution in [0, 0.1) is 25.5 Å². The van der Waals surface area contributed by atoms with Gasteiger partial charge in [-0.05, 0) is 37.1 Å². The van der Waals surface area contributed by atoms with Crippen LogP contribution in [0.15, 0.2) is 35.7 Å². The predicted molar refractivity (Wildman–Crippen MR) is 102 cm³/mol. The second-order valence-corrected chi connectivity index (χ2v) is 7.07. The number of hydrogen-bond donors (Lipinski definition) is 3. The van der Waals surface area contributed by atoms with Gasteiger partial charge in [-0.1, -0.05) is 18.2 Å². The third-order valence-electron chi connectivity index (χ3n) is 4.17. The molecule has 2 aromatic carbocycles. The molecule has 0 aliphatic carbocycles. The van der Waals surface area contributed by atoms with Crippen LogP contribution in [0.25, 0.3) is 10.4 Å². The summed E-state index contributed by atoms with van der Waals surface area (Å²) in [6.45, 7) is 3.14. The van der Waals surface area contributed by atoms with Gasteiger partial charge in [0, 0.05) is 10.9 Å². The molecule has 144 valence electrons. The highest BCUT2D eigenvalue weighted by Gasteiger charge is 2.25. The first-order chi connectivity index (χ1) is 13.2. The minimum absolute atomic E-state index is 0.0210. The fourth-order valence-corrected chi connectivity index (χ4v) is 3.72. The van der Waals surface area contributed by atoms with Gasteiger partial charge >= 0.3 is 5.97 Å². The zero-order chi connectivity index (χ0) is 20.6. The minimum atomic E-state index is -1.40. The van der Waals surface area contributed by atoms with Gasteiger partial charge in [0.25, 0.3) is 5.91 Å². The number of rotatable bonds is 4. The molecular weight excluding hydrogens is 388 g/mol. The first kappa shape index (κ1) is 19.5. The Morgan fingerprint density at radius 2 is 1.79 bits per heavy atom. The van der Waals surface area contributed by atoms with Crippen molar-refractivity contribution < 1.29 is 28.6 Å². The number of amides is 1. The summed E-state index contributed by atoms with van der Waals surface area (Å²) >= 11 is 0.865. The molecular formula is C20H15F2NO4S. The molecule has 1 amide bonds. The smallest absolute Gasteiger partial charge is 0.339 e. The molecule has 0 fully saturated rings. The van der Waals surface area contributed by atoms with E-state index in [2.05, 4.69) is 5.32 Å². The molecule has 1 aromatic heterocycles. The minimum Gasteiger partial charge on any atom is -0.507 e. The quantitative estimate of drug-likeness (QED) is 0.574. The van der Waals surface area contributed by atoms with E-state index in [1.807, 2.05) is 0 Å². The van der Waals surface area contributed by atoms with Gasteiger partial charge in [-0.2, -0.15) is 0 Å². The van der Waals surface area contributed by atoms with Crippen LogP contribution in [0.1, 0.15) is 31.8 Å². The van der Waals surface area contributed by atoms with Crippen LogP contribution < -0.4 is 5.32 Å². The number of phenols is 1. The van der Waals surface area contributed by atoms with E-state index in [-0.39, 0.29) is 38.6 Å². The summed E-state index contributed by atoms with van der Waals surface area (Å²) in [7, 11) is 0. The third kappa shape index (κ3) is 3.46. The Kier molecular flexibility index (Phi) is 5.15. The monoisotopic (exact) mass is 403 g/mol. The van der Waals surface area contributed by atoms with Crippen LogP contribution in [0.5, 0.6) is 5.75 Å². The van der Waals surface area contributed by atoms with Crippen molar-refractivity contribution in [2.45, 2.75) is 13.8 Å². The summed E-state index contributed by atoms with van der Waals surface area (Å²) in [6, 6.07) is 7.07. The van der Waals surface area contributed by atoms with Crippen LogP contribution in [-0.2, 0) is 0 Å². The highest BCUT2D eigenvalue weighted by Crippen LogP contribution is 2.38. The number of carbonyl (C=O) groups is 2. The number of aromatic hydroxyl groups is 1. The summed E-state index contributed by atoms with van der Waals surface area (Å²) < 4.78 is 28.2. The van der Waals surface area contributed by atoms with Gasteiger partial charge in [-0.3, -0.25) is 4.79 Å². The average Bonchev–Trinajstić information content (AvgIpc) is 3.03. The lowest BCUT2D eigenvalue weighted by Gasteiger charge is -2.09. The van der Waals surface area contributed by atoms with E-state index in [0.717, 1.165) is 16.9 Å².